The van der Waals surface area contributed by atoms with E-state index in [2.05, 4.69) is 27.7 Å². The number of hydrogen-bond acceptors (Lipinski definition) is 4. The maximum absolute atomic E-state index is 10.5. The molecule has 0 rings (SSSR count). The SMILES string of the molecule is CCCCCC(=CC(=O)[O-])CCCCC.CCCCCC(=CC(=O)[O-])CCCCC.[Ca+2]. The number of carboxylic acids is 2. The summed E-state index contributed by atoms with van der Waals surface area (Å²) in [6.45, 7) is 8.61. The molecule has 0 aliphatic heterocycles. The predicted molar refractivity (Wildman–Crippen MR) is 129 cm³/mol. The molecule has 0 heterocycles. The van der Waals surface area contributed by atoms with Crippen LogP contribution in [0.15, 0.2) is 23.3 Å². The first-order chi connectivity index (χ1) is 14.4. The molecule has 0 N–H and O–H groups in total. The molecule has 0 aliphatic rings. The molecule has 0 saturated carbocycles. The van der Waals surface area contributed by atoms with Gasteiger partial charge in [-0.2, -0.15) is 0 Å². The average molecular weight is 463 g/mol. The van der Waals surface area contributed by atoms with E-state index in [-0.39, 0.29) is 37.7 Å². The molecule has 0 bridgehead atoms. The molecule has 31 heavy (non-hydrogen) atoms. The second-order valence-electron chi connectivity index (χ2n) is 8.07. The van der Waals surface area contributed by atoms with Crippen molar-refractivity contribution in [2.45, 2.75) is 130 Å². The Hall–Kier alpha value is -0.320. The Bertz CT molecular complexity index is 416. The summed E-state index contributed by atoms with van der Waals surface area (Å²) in [5.41, 5.74) is 2.11. The number of carboxylic acid groups (broad SMARTS) is 2. The van der Waals surface area contributed by atoms with E-state index in [1.807, 2.05) is 0 Å². The molecule has 0 aromatic carbocycles. The van der Waals surface area contributed by atoms with Gasteiger partial charge < -0.3 is 19.8 Å². The van der Waals surface area contributed by atoms with Crippen LogP contribution in [-0.4, -0.2) is 49.7 Å². The number of unbranched alkanes of at least 4 members (excludes halogenated alkanes) is 8. The minimum Gasteiger partial charge on any atom is -0.545 e. The van der Waals surface area contributed by atoms with Crippen molar-refractivity contribution in [3.05, 3.63) is 23.3 Å². The molecule has 0 unspecified atom stereocenters. The quantitative estimate of drug-likeness (QED) is 0.158. The summed E-state index contributed by atoms with van der Waals surface area (Å²) in [7, 11) is 0. The van der Waals surface area contributed by atoms with Crippen LogP contribution >= 0.6 is 0 Å². The van der Waals surface area contributed by atoms with Crippen molar-refractivity contribution in [1.82, 2.24) is 0 Å². The zero-order chi connectivity index (χ0) is 23.0. The fourth-order valence-electron chi connectivity index (χ4n) is 3.28. The van der Waals surface area contributed by atoms with Crippen LogP contribution in [0, 0.1) is 0 Å². The van der Waals surface area contributed by atoms with Crippen molar-refractivity contribution >= 4 is 49.7 Å². The Labute approximate surface area is 222 Å². The fraction of sp³-hybridized carbons (Fsp3) is 0.769. The smallest absolute Gasteiger partial charge is 0.545 e. The first-order valence-electron chi connectivity index (χ1n) is 12.2. The molecule has 0 aromatic heterocycles. The van der Waals surface area contributed by atoms with E-state index >= 15 is 0 Å². The van der Waals surface area contributed by atoms with Gasteiger partial charge in [-0.05, 0) is 63.5 Å². The molecule has 176 valence electrons. The fourth-order valence-corrected chi connectivity index (χ4v) is 3.28. The van der Waals surface area contributed by atoms with Gasteiger partial charge in [0.05, 0.1) is 11.9 Å². The van der Waals surface area contributed by atoms with Gasteiger partial charge in [-0.25, -0.2) is 0 Å². The third-order valence-corrected chi connectivity index (χ3v) is 5.05. The maximum Gasteiger partial charge on any atom is 2.00 e. The van der Waals surface area contributed by atoms with Crippen LogP contribution in [-0.2, 0) is 9.59 Å². The molecular formula is C26H46CaO4. The van der Waals surface area contributed by atoms with Crippen LogP contribution < -0.4 is 10.2 Å². The van der Waals surface area contributed by atoms with Crippen LogP contribution in [0.3, 0.4) is 0 Å². The first kappa shape index (κ1) is 35.3. The Kier molecular flexibility index (Phi) is 31.5. The summed E-state index contributed by atoms with van der Waals surface area (Å²) in [5, 5.41) is 21.0. The molecule has 0 amide bonds. The second-order valence-corrected chi connectivity index (χ2v) is 8.07. The Morgan fingerprint density at radius 1 is 0.516 bits per heavy atom. The molecule has 0 spiro atoms. The third-order valence-electron chi connectivity index (χ3n) is 5.05. The Balaban J connectivity index is -0.000000490. The van der Waals surface area contributed by atoms with Crippen LogP contribution in [0.4, 0.5) is 0 Å². The van der Waals surface area contributed by atoms with Gasteiger partial charge in [-0.1, -0.05) is 90.2 Å². The summed E-state index contributed by atoms with van der Waals surface area (Å²) in [4.78, 5) is 21.0. The Morgan fingerprint density at radius 2 is 0.742 bits per heavy atom. The molecule has 0 aliphatic carbocycles. The largest absolute Gasteiger partial charge is 2.00 e. The number of hydrogen-bond donors (Lipinski definition) is 0. The molecule has 4 nitrogen and oxygen atoms in total. The molecule has 0 saturated heterocycles. The van der Waals surface area contributed by atoms with Crippen LogP contribution in [0.25, 0.3) is 0 Å². The van der Waals surface area contributed by atoms with E-state index in [0.717, 1.165) is 62.5 Å². The predicted octanol–water partition coefficient (Wildman–Crippen LogP) is 5.27. The van der Waals surface area contributed by atoms with Crippen molar-refractivity contribution in [1.29, 1.82) is 0 Å². The summed E-state index contributed by atoms with van der Waals surface area (Å²) >= 11 is 0. The van der Waals surface area contributed by atoms with Crippen molar-refractivity contribution in [2.75, 3.05) is 0 Å². The number of aliphatic carboxylic acids is 2. The van der Waals surface area contributed by atoms with Gasteiger partial charge in [0.15, 0.2) is 0 Å². The van der Waals surface area contributed by atoms with Crippen molar-refractivity contribution in [3.63, 3.8) is 0 Å². The standard InChI is InChI=1S/2C13H24O2.Ca/c2*1-3-5-7-9-12(11-13(14)15)10-8-6-4-2;/h2*11H,3-10H2,1-2H3,(H,14,15);/q;;+2/p-2. The minimum atomic E-state index is -1.04. The first-order valence-corrected chi connectivity index (χ1v) is 12.2. The number of carbonyl (C=O) groups is 2. The average Bonchev–Trinajstić information content (AvgIpc) is 2.68. The summed E-state index contributed by atoms with van der Waals surface area (Å²) in [5.74, 6) is -2.09. The molecular weight excluding hydrogens is 416 g/mol. The number of carbonyl (C=O) groups excluding carboxylic acids is 2. The van der Waals surface area contributed by atoms with E-state index in [1.54, 1.807) is 0 Å². The van der Waals surface area contributed by atoms with Crippen LogP contribution in [0.1, 0.15) is 130 Å². The van der Waals surface area contributed by atoms with Crippen LogP contribution in [0.5, 0.6) is 0 Å². The molecule has 0 aromatic rings. The van der Waals surface area contributed by atoms with Gasteiger partial charge in [-0.15, -0.1) is 0 Å². The van der Waals surface area contributed by atoms with Gasteiger partial charge in [-0.3, -0.25) is 0 Å². The second kappa shape index (κ2) is 27.7. The van der Waals surface area contributed by atoms with E-state index in [4.69, 9.17) is 0 Å². The third kappa shape index (κ3) is 29.7. The maximum atomic E-state index is 10.5. The summed E-state index contributed by atoms with van der Waals surface area (Å²) in [6.07, 6.45) is 20.1. The van der Waals surface area contributed by atoms with E-state index in [9.17, 15) is 19.8 Å². The van der Waals surface area contributed by atoms with Gasteiger partial charge in [0.2, 0.25) is 0 Å². The zero-order valence-corrected chi connectivity index (χ0v) is 23.0. The van der Waals surface area contributed by atoms with Gasteiger partial charge in [0, 0.05) is 0 Å². The summed E-state index contributed by atoms with van der Waals surface area (Å²) in [6, 6.07) is 0. The van der Waals surface area contributed by atoms with E-state index in [1.165, 1.54) is 63.5 Å². The van der Waals surface area contributed by atoms with Crippen molar-refractivity contribution in [3.8, 4) is 0 Å². The van der Waals surface area contributed by atoms with E-state index in [0.29, 0.717) is 0 Å². The minimum absolute atomic E-state index is 0. The van der Waals surface area contributed by atoms with Gasteiger partial charge in [0.1, 0.15) is 0 Å². The van der Waals surface area contributed by atoms with Crippen molar-refractivity contribution < 1.29 is 19.8 Å². The normalized spacial score (nSPS) is 9.68. The van der Waals surface area contributed by atoms with Gasteiger partial charge >= 0.3 is 37.7 Å². The molecule has 0 radical (unpaired) electrons. The number of rotatable bonds is 18. The topological polar surface area (TPSA) is 80.3 Å². The monoisotopic (exact) mass is 462 g/mol. The molecule has 0 fully saturated rings. The van der Waals surface area contributed by atoms with Crippen LogP contribution in [0.2, 0.25) is 0 Å². The molecule has 5 heteroatoms. The number of allylic oxidation sites excluding steroid dienone is 2. The Morgan fingerprint density at radius 3 is 0.903 bits per heavy atom. The molecule has 0 atom stereocenters. The van der Waals surface area contributed by atoms with Gasteiger partial charge in [0.25, 0.3) is 0 Å². The van der Waals surface area contributed by atoms with Crippen molar-refractivity contribution in [2.24, 2.45) is 0 Å². The zero-order valence-electron chi connectivity index (χ0n) is 20.8. The van der Waals surface area contributed by atoms with E-state index < -0.39 is 11.9 Å². The summed E-state index contributed by atoms with van der Waals surface area (Å²) < 4.78 is 0.